The molecule has 0 atom stereocenters. The van der Waals surface area contributed by atoms with Gasteiger partial charge in [0.05, 0.1) is 18.1 Å². The Labute approximate surface area is 95.1 Å². The summed E-state index contributed by atoms with van der Waals surface area (Å²) in [6.45, 7) is 0. The van der Waals surface area contributed by atoms with Crippen LogP contribution in [0.1, 0.15) is 5.56 Å². The molecule has 0 saturated heterocycles. The van der Waals surface area contributed by atoms with Crippen LogP contribution in [0.4, 0.5) is 10.1 Å². The van der Waals surface area contributed by atoms with E-state index < -0.39 is 34.6 Å². The molecule has 0 saturated carbocycles. The Bertz CT molecular complexity index is 486. The maximum Gasteiger partial charge on any atom is 0.374 e. The maximum absolute atomic E-state index is 13.3. The topological polar surface area (TPSA) is 86.5 Å². The number of hydrogen-bond donors (Lipinski definition) is 0. The molecular formula is C10H8FNO5. The average molecular weight is 241 g/mol. The molecule has 1 rings (SSSR count). The lowest BCUT2D eigenvalue weighted by atomic mass is 10.1. The van der Waals surface area contributed by atoms with Gasteiger partial charge in [0.25, 0.3) is 5.69 Å². The zero-order chi connectivity index (χ0) is 13.0. The fourth-order valence-corrected chi connectivity index (χ4v) is 1.15. The van der Waals surface area contributed by atoms with Crippen molar-refractivity contribution in [3.8, 4) is 0 Å². The summed E-state index contributed by atoms with van der Waals surface area (Å²) in [7, 11) is 1.03. The molecule has 17 heavy (non-hydrogen) atoms. The number of nitrogens with zero attached hydrogens (tertiary/aromatic N) is 1. The minimum absolute atomic E-state index is 0.0917. The second-order valence-corrected chi connectivity index (χ2v) is 3.12. The summed E-state index contributed by atoms with van der Waals surface area (Å²) >= 11 is 0. The Hall–Kier alpha value is -2.31. The number of carbonyl (C=O) groups is 2. The first-order valence-corrected chi connectivity index (χ1v) is 4.49. The van der Waals surface area contributed by atoms with Crippen LogP contribution in [0.15, 0.2) is 18.2 Å². The highest BCUT2D eigenvalue weighted by molar-refractivity contribution is 6.34. The van der Waals surface area contributed by atoms with Crippen LogP contribution >= 0.6 is 0 Å². The molecule has 0 N–H and O–H groups in total. The molecule has 0 amide bonds. The molecule has 0 aromatic heterocycles. The molecule has 0 bridgehead atoms. The monoisotopic (exact) mass is 241 g/mol. The Balaban J connectivity index is 2.90. The van der Waals surface area contributed by atoms with E-state index in [-0.39, 0.29) is 5.56 Å². The number of rotatable bonds is 4. The number of non-ortho nitro benzene ring substituents is 1. The molecule has 0 radical (unpaired) electrons. The third-order valence-electron chi connectivity index (χ3n) is 2.01. The lowest BCUT2D eigenvalue weighted by Gasteiger charge is -2.01. The first-order valence-electron chi connectivity index (χ1n) is 4.49. The van der Waals surface area contributed by atoms with Gasteiger partial charge >= 0.3 is 5.97 Å². The molecule has 0 heterocycles. The fourth-order valence-electron chi connectivity index (χ4n) is 1.15. The molecule has 1 aromatic rings. The Morgan fingerprint density at radius 2 is 2.12 bits per heavy atom. The summed E-state index contributed by atoms with van der Waals surface area (Å²) in [5.41, 5.74) is -0.511. The van der Waals surface area contributed by atoms with Crippen molar-refractivity contribution in [2.24, 2.45) is 0 Å². The number of esters is 1. The van der Waals surface area contributed by atoms with Gasteiger partial charge in [-0.3, -0.25) is 14.9 Å². The summed E-state index contributed by atoms with van der Waals surface area (Å²) in [4.78, 5) is 31.5. The molecule has 1 aromatic carbocycles. The van der Waals surface area contributed by atoms with Gasteiger partial charge in [0.2, 0.25) is 5.78 Å². The lowest BCUT2D eigenvalue weighted by molar-refractivity contribution is -0.385. The van der Waals surface area contributed by atoms with Gasteiger partial charge in [-0.2, -0.15) is 0 Å². The highest BCUT2D eigenvalue weighted by Crippen LogP contribution is 2.17. The van der Waals surface area contributed by atoms with E-state index in [0.717, 1.165) is 19.2 Å². The number of methoxy groups -OCH3 is 1. The number of nitro benzene ring substituents is 1. The van der Waals surface area contributed by atoms with E-state index in [4.69, 9.17) is 0 Å². The summed E-state index contributed by atoms with van der Waals surface area (Å²) in [5.74, 6) is -2.90. The molecule has 6 nitrogen and oxygen atoms in total. The van der Waals surface area contributed by atoms with Crippen molar-refractivity contribution in [2.45, 2.75) is 6.42 Å². The van der Waals surface area contributed by atoms with Crippen LogP contribution in [-0.2, 0) is 20.7 Å². The molecule has 0 aliphatic rings. The molecule has 0 spiro atoms. The lowest BCUT2D eigenvalue weighted by Crippen LogP contribution is -2.18. The number of halogens is 1. The fraction of sp³-hybridized carbons (Fsp3) is 0.200. The first kappa shape index (κ1) is 12.8. The maximum atomic E-state index is 13.3. The SMILES string of the molecule is COC(=O)C(=O)Cc1ccc([N+](=O)[O-])cc1F. The van der Waals surface area contributed by atoms with Crippen LogP contribution in [0, 0.1) is 15.9 Å². The van der Waals surface area contributed by atoms with E-state index in [1.54, 1.807) is 0 Å². The smallest absolute Gasteiger partial charge is 0.374 e. The molecular weight excluding hydrogens is 233 g/mol. The van der Waals surface area contributed by atoms with E-state index in [2.05, 4.69) is 4.74 Å². The Morgan fingerprint density at radius 3 is 2.59 bits per heavy atom. The predicted octanol–water partition coefficient (Wildman–Crippen LogP) is 1.02. The van der Waals surface area contributed by atoms with Gasteiger partial charge in [-0.25, -0.2) is 9.18 Å². The third-order valence-corrected chi connectivity index (χ3v) is 2.01. The zero-order valence-electron chi connectivity index (χ0n) is 8.81. The van der Waals surface area contributed by atoms with E-state index in [1.807, 2.05) is 0 Å². The second kappa shape index (κ2) is 5.15. The summed E-state index contributed by atoms with van der Waals surface area (Å²) < 4.78 is 17.5. The van der Waals surface area contributed by atoms with E-state index in [9.17, 15) is 24.1 Å². The van der Waals surface area contributed by atoms with E-state index in [0.29, 0.717) is 6.07 Å². The number of Topliss-reactive ketones (excluding diaryl/α,β-unsaturated/α-hetero) is 1. The molecule has 0 aliphatic heterocycles. The number of nitro groups is 1. The first-order chi connectivity index (χ1) is 7.95. The van der Waals surface area contributed by atoms with Crippen molar-refractivity contribution in [3.63, 3.8) is 0 Å². The Kier molecular flexibility index (Phi) is 3.86. The van der Waals surface area contributed by atoms with Crippen molar-refractivity contribution >= 4 is 17.4 Å². The molecule has 90 valence electrons. The van der Waals surface area contributed by atoms with Crippen LogP contribution < -0.4 is 0 Å². The molecule has 0 aliphatic carbocycles. The predicted molar refractivity (Wildman–Crippen MR) is 53.8 cm³/mol. The summed E-state index contributed by atoms with van der Waals surface area (Å²) in [6, 6.07) is 2.84. The Morgan fingerprint density at radius 1 is 1.47 bits per heavy atom. The quantitative estimate of drug-likeness (QED) is 0.340. The largest absolute Gasteiger partial charge is 0.463 e. The minimum atomic E-state index is -1.08. The van der Waals surface area contributed by atoms with Gasteiger partial charge < -0.3 is 4.74 Å². The van der Waals surface area contributed by atoms with Crippen molar-refractivity contribution in [2.75, 3.05) is 7.11 Å². The van der Waals surface area contributed by atoms with Crippen LogP contribution in [0.25, 0.3) is 0 Å². The highest BCUT2D eigenvalue weighted by Gasteiger charge is 2.18. The minimum Gasteiger partial charge on any atom is -0.463 e. The van der Waals surface area contributed by atoms with Crippen LogP contribution in [0.3, 0.4) is 0 Å². The van der Waals surface area contributed by atoms with Crippen molar-refractivity contribution < 1.29 is 23.6 Å². The zero-order valence-corrected chi connectivity index (χ0v) is 8.81. The van der Waals surface area contributed by atoms with Crippen LogP contribution in [-0.4, -0.2) is 23.8 Å². The van der Waals surface area contributed by atoms with Crippen molar-refractivity contribution in [1.29, 1.82) is 0 Å². The number of benzene rings is 1. The average Bonchev–Trinajstić information content (AvgIpc) is 2.30. The van der Waals surface area contributed by atoms with Gasteiger partial charge in [0.15, 0.2) is 0 Å². The van der Waals surface area contributed by atoms with E-state index >= 15 is 0 Å². The van der Waals surface area contributed by atoms with Crippen LogP contribution in [0.5, 0.6) is 0 Å². The summed E-state index contributed by atoms with van der Waals surface area (Å²) in [6.07, 6.45) is -0.490. The number of ketones is 1. The number of hydrogen-bond acceptors (Lipinski definition) is 5. The van der Waals surface area contributed by atoms with Gasteiger partial charge in [0, 0.05) is 12.5 Å². The summed E-state index contributed by atoms with van der Waals surface area (Å²) in [5, 5.41) is 10.3. The van der Waals surface area contributed by atoms with Gasteiger partial charge in [-0.1, -0.05) is 0 Å². The molecule has 0 unspecified atom stereocenters. The van der Waals surface area contributed by atoms with Gasteiger partial charge in [-0.05, 0) is 11.6 Å². The van der Waals surface area contributed by atoms with Crippen LogP contribution in [0.2, 0.25) is 0 Å². The second-order valence-electron chi connectivity index (χ2n) is 3.12. The normalized spacial score (nSPS) is 9.76. The van der Waals surface area contributed by atoms with Crippen molar-refractivity contribution in [3.05, 3.63) is 39.7 Å². The van der Waals surface area contributed by atoms with Gasteiger partial charge in [0.1, 0.15) is 5.82 Å². The highest BCUT2D eigenvalue weighted by atomic mass is 19.1. The molecule has 7 heteroatoms. The molecule has 0 fully saturated rings. The van der Waals surface area contributed by atoms with E-state index in [1.165, 1.54) is 0 Å². The number of carbonyl (C=O) groups excluding carboxylic acids is 2. The van der Waals surface area contributed by atoms with Gasteiger partial charge in [-0.15, -0.1) is 0 Å². The standard InChI is InChI=1S/C10H8FNO5/c1-17-10(14)9(13)4-6-2-3-7(12(15)16)5-8(6)11/h2-3,5H,4H2,1H3. The van der Waals surface area contributed by atoms with Crippen molar-refractivity contribution in [1.82, 2.24) is 0 Å². The number of ether oxygens (including phenoxy) is 1. The third kappa shape index (κ3) is 3.07.